The molecular weight excluding hydrogens is 360 g/mol. The second-order valence-corrected chi connectivity index (χ2v) is 5.99. The molecule has 0 aliphatic heterocycles. The summed E-state index contributed by atoms with van der Waals surface area (Å²) in [4.78, 5) is 4.61. The lowest BCUT2D eigenvalue weighted by Gasteiger charge is -2.14. The first kappa shape index (κ1) is 15.2. The summed E-state index contributed by atoms with van der Waals surface area (Å²) in [6, 6.07) is 7.10. The van der Waals surface area contributed by atoms with Crippen LogP contribution in [0.4, 0.5) is 0 Å². The third-order valence-corrected chi connectivity index (χ3v) is 3.71. The molecule has 0 aliphatic carbocycles. The minimum absolute atomic E-state index is 0.259. The number of pyridine rings is 1. The summed E-state index contributed by atoms with van der Waals surface area (Å²) < 4.78 is 6.66. The van der Waals surface area contributed by atoms with Gasteiger partial charge in [0.05, 0.1) is 15.7 Å². The first-order valence-corrected chi connectivity index (χ1v) is 7.37. The van der Waals surface area contributed by atoms with Gasteiger partial charge >= 0.3 is 0 Å². The van der Waals surface area contributed by atoms with Gasteiger partial charge in [-0.05, 0) is 48.0 Å². The Morgan fingerprint density at radius 1 is 1.30 bits per heavy atom. The monoisotopic (exact) mass is 370 g/mol. The largest absolute Gasteiger partial charge is 0.455 e. The SMILES string of the molecule is Cc1cc(Oc2ccc(Cl)cc2Br)c(C(N)=S)c(C)n1. The number of rotatable bonds is 3. The van der Waals surface area contributed by atoms with Crippen LogP contribution in [0.3, 0.4) is 0 Å². The number of nitrogens with two attached hydrogens (primary N) is 1. The van der Waals surface area contributed by atoms with E-state index in [1.807, 2.05) is 19.9 Å². The summed E-state index contributed by atoms with van der Waals surface area (Å²) in [6.45, 7) is 3.74. The molecule has 1 heterocycles. The van der Waals surface area contributed by atoms with Crippen molar-refractivity contribution in [1.82, 2.24) is 4.98 Å². The predicted octanol–water partition coefficient (Wildman–Crippen LogP) is 4.54. The normalized spacial score (nSPS) is 10.4. The minimum Gasteiger partial charge on any atom is -0.455 e. The van der Waals surface area contributed by atoms with E-state index in [9.17, 15) is 0 Å². The fourth-order valence-corrected chi connectivity index (χ4v) is 2.86. The van der Waals surface area contributed by atoms with Gasteiger partial charge in [0.2, 0.25) is 0 Å². The molecule has 1 aromatic heterocycles. The average molecular weight is 372 g/mol. The van der Waals surface area contributed by atoms with Gasteiger partial charge in [0.25, 0.3) is 0 Å². The smallest absolute Gasteiger partial charge is 0.141 e. The zero-order valence-electron chi connectivity index (χ0n) is 10.9. The quantitative estimate of drug-likeness (QED) is 0.805. The lowest BCUT2D eigenvalue weighted by Crippen LogP contribution is -2.14. The van der Waals surface area contributed by atoms with E-state index in [-0.39, 0.29) is 4.99 Å². The van der Waals surface area contributed by atoms with E-state index in [0.29, 0.717) is 22.1 Å². The number of aromatic nitrogens is 1. The minimum atomic E-state index is 0.259. The molecule has 20 heavy (non-hydrogen) atoms. The van der Waals surface area contributed by atoms with Crippen LogP contribution in [0.5, 0.6) is 11.5 Å². The van der Waals surface area contributed by atoms with Crippen molar-refractivity contribution >= 4 is 44.7 Å². The molecule has 0 fully saturated rings. The van der Waals surface area contributed by atoms with Gasteiger partial charge in [-0.3, -0.25) is 4.98 Å². The molecule has 2 N–H and O–H groups in total. The number of nitrogens with zero attached hydrogens (tertiary/aromatic N) is 1. The standard InChI is InChI=1S/C14H12BrClN2OS/c1-7-5-12(13(14(17)20)8(2)18-7)19-11-4-3-9(16)6-10(11)15/h3-6H,1-2H3,(H2,17,20). The van der Waals surface area contributed by atoms with Gasteiger partial charge in [-0.25, -0.2) is 0 Å². The molecule has 0 radical (unpaired) electrons. The van der Waals surface area contributed by atoms with Crippen LogP contribution in [0.2, 0.25) is 5.02 Å². The Kier molecular flexibility index (Phi) is 4.62. The van der Waals surface area contributed by atoms with Crippen molar-refractivity contribution in [3.8, 4) is 11.5 Å². The molecule has 0 spiro atoms. The molecule has 104 valence electrons. The van der Waals surface area contributed by atoms with Crippen LogP contribution in [0.1, 0.15) is 17.0 Å². The molecule has 0 atom stereocenters. The predicted molar refractivity (Wildman–Crippen MR) is 88.8 cm³/mol. The van der Waals surface area contributed by atoms with Crippen molar-refractivity contribution < 1.29 is 4.74 Å². The molecule has 0 unspecified atom stereocenters. The highest BCUT2D eigenvalue weighted by molar-refractivity contribution is 9.10. The van der Waals surface area contributed by atoms with Gasteiger partial charge in [-0.15, -0.1) is 0 Å². The van der Waals surface area contributed by atoms with Crippen LogP contribution < -0.4 is 10.5 Å². The zero-order chi connectivity index (χ0) is 14.9. The molecule has 0 saturated heterocycles. The lowest BCUT2D eigenvalue weighted by molar-refractivity contribution is 0.477. The molecule has 0 aliphatic rings. The Balaban J connectivity index is 2.50. The van der Waals surface area contributed by atoms with Crippen LogP contribution in [0.25, 0.3) is 0 Å². The fraction of sp³-hybridized carbons (Fsp3) is 0.143. The Morgan fingerprint density at radius 3 is 2.60 bits per heavy atom. The number of ether oxygens (including phenoxy) is 1. The van der Waals surface area contributed by atoms with E-state index in [1.54, 1.807) is 18.2 Å². The van der Waals surface area contributed by atoms with Gasteiger partial charge in [0.1, 0.15) is 16.5 Å². The first-order chi connectivity index (χ1) is 9.38. The van der Waals surface area contributed by atoms with E-state index in [1.165, 1.54) is 0 Å². The molecule has 0 bridgehead atoms. The van der Waals surface area contributed by atoms with Gasteiger partial charge in [0, 0.05) is 16.8 Å². The Labute approximate surface area is 136 Å². The van der Waals surface area contributed by atoms with Crippen molar-refractivity contribution in [2.45, 2.75) is 13.8 Å². The molecule has 2 rings (SSSR count). The number of hydrogen-bond acceptors (Lipinski definition) is 3. The van der Waals surface area contributed by atoms with Crippen molar-refractivity contribution in [2.75, 3.05) is 0 Å². The maximum Gasteiger partial charge on any atom is 0.141 e. The number of aryl methyl sites for hydroxylation is 2. The lowest BCUT2D eigenvalue weighted by atomic mass is 10.1. The molecule has 0 amide bonds. The summed E-state index contributed by atoms with van der Waals surface area (Å²) >= 11 is 14.4. The molecule has 0 saturated carbocycles. The van der Waals surface area contributed by atoms with Crippen molar-refractivity contribution in [3.05, 3.63) is 50.7 Å². The third-order valence-electron chi connectivity index (χ3n) is 2.65. The summed E-state index contributed by atoms with van der Waals surface area (Å²) in [7, 11) is 0. The van der Waals surface area contributed by atoms with Crippen molar-refractivity contribution in [3.63, 3.8) is 0 Å². The van der Waals surface area contributed by atoms with Crippen LogP contribution in [-0.2, 0) is 0 Å². The molecule has 6 heteroatoms. The van der Waals surface area contributed by atoms with E-state index >= 15 is 0 Å². The Bertz CT molecular complexity index is 691. The first-order valence-electron chi connectivity index (χ1n) is 5.79. The highest BCUT2D eigenvalue weighted by Crippen LogP contribution is 2.34. The van der Waals surface area contributed by atoms with E-state index in [4.69, 9.17) is 34.3 Å². The second-order valence-electron chi connectivity index (χ2n) is 4.26. The van der Waals surface area contributed by atoms with Gasteiger partial charge in [-0.1, -0.05) is 23.8 Å². The van der Waals surface area contributed by atoms with Crippen LogP contribution in [0, 0.1) is 13.8 Å². The number of halogens is 2. The zero-order valence-corrected chi connectivity index (χ0v) is 14.1. The number of benzene rings is 1. The molecular formula is C14H12BrClN2OS. The third kappa shape index (κ3) is 3.29. The molecule has 2 aromatic rings. The molecule has 1 aromatic carbocycles. The number of thiocarbonyl (C=S) groups is 1. The summed E-state index contributed by atoms with van der Waals surface area (Å²) in [5, 5.41) is 0.626. The summed E-state index contributed by atoms with van der Waals surface area (Å²) in [5.74, 6) is 1.22. The highest BCUT2D eigenvalue weighted by Gasteiger charge is 2.14. The van der Waals surface area contributed by atoms with Crippen LogP contribution >= 0.6 is 39.7 Å². The molecule has 3 nitrogen and oxygen atoms in total. The highest BCUT2D eigenvalue weighted by atomic mass is 79.9. The van der Waals surface area contributed by atoms with E-state index in [2.05, 4.69) is 20.9 Å². The fourth-order valence-electron chi connectivity index (χ4n) is 1.85. The van der Waals surface area contributed by atoms with Gasteiger partial charge in [0.15, 0.2) is 0 Å². The Hall–Kier alpha value is -1.17. The van der Waals surface area contributed by atoms with Crippen molar-refractivity contribution in [2.24, 2.45) is 5.73 Å². The number of hydrogen-bond donors (Lipinski definition) is 1. The van der Waals surface area contributed by atoms with Crippen LogP contribution in [0.15, 0.2) is 28.7 Å². The van der Waals surface area contributed by atoms with Crippen LogP contribution in [-0.4, -0.2) is 9.97 Å². The van der Waals surface area contributed by atoms with Crippen molar-refractivity contribution in [1.29, 1.82) is 0 Å². The van der Waals surface area contributed by atoms with E-state index < -0.39 is 0 Å². The maximum atomic E-state index is 5.92. The summed E-state index contributed by atoms with van der Waals surface area (Å²) in [5.41, 5.74) is 7.99. The Morgan fingerprint density at radius 2 is 2.00 bits per heavy atom. The van der Waals surface area contributed by atoms with Gasteiger partial charge in [-0.2, -0.15) is 0 Å². The van der Waals surface area contributed by atoms with E-state index in [0.717, 1.165) is 15.9 Å². The maximum absolute atomic E-state index is 5.92. The second kappa shape index (κ2) is 6.08. The topological polar surface area (TPSA) is 48.1 Å². The average Bonchev–Trinajstić information content (AvgIpc) is 2.31. The summed E-state index contributed by atoms with van der Waals surface area (Å²) in [6.07, 6.45) is 0. The van der Waals surface area contributed by atoms with Gasteiger partial charge < -0.3 is 10.5 Å².